The van der Waals surface area contributed by atoms with Gasteiger partial charge in [-0.1, -0.05) is 67.9 Å². The molecule has 0 aliphatic rings. The summed E-state index contributed by atoms with van der Waals surface area (Å²) in [6.45, 7) is 0.725. The Balaban J connectivity index is 1.90. The molecule has 0 fully saturated rings. The second-order valence-electron chi connectivity index (χ2n) is 11.4. The molecule has 0 radical (unpaired) electrons. The summed E-state index contributed by atoms with van der Waals surface area (Å²) >= 11 is 6.12. The molecule has 0 aliphatic heterocycles. The number of ketones is 1. The number of amides is 3. The smallest absolute Gasteiger partial charge is 0.386 e. The normalized spacial score (nSPS) is 14.4. The largest absolute Gasteiger partial charge is 0.405 e. The van der Waals surface area contributed by atoms with Gasteiger partial charge in [-0.15, -0.1) is 0 Å². The highest BCUT2D eigenvalue weighted by atomic mass is 35.5. The number of aliphatic hydroxyl groups excluding tert-OH is 1. The Kier molecular flexibility index (Phi) is 13.1. The van der Waals surface area contributed by atoms with Crippen LogP contribution in [0.25, 0.3) is 0 Å². The third-order valence-electron chi connectivity index (χ3n) is 7.46. The van der Waals surface area contributed by atoms with E-state index in [4.69, 9.17) is 11.6 Å². The van der Waals surface area contributed by atoms with E-state index >= 15 is 0 Å². The van der Waals surface area contributed by atoms with Gasteiger partial charge in [0.25, 0.3) is 11.8 Å². The van der Waals surface area contributed by atoms with Crippen LogP contribution >= 0.6 is 11.6 Å². The van der Waals surface area contributed by atoms with Crippen molar-refractivity contribution in [2.45, 2.75) is 57.0 Å². The van der Waals surface area contributed by atoms with Crippen LogP contribution in [0, 0.1) is 11.8 Å². The van der Waals surface area contributed by atoms with Crippen LogP contribution in [0.2, 0.25) is 5.02 Å². The fourth-order valence-corrected chi connectivity index (χ4v) is 5.07. The van der Waals surface area contributed by atoms with Crippen molar-refractivity contribution >= 4 is 35.1 Å². The van der Waals surface area contributed by atoms with E-state index < -0.39 is 78.6 Å². The Bertz CT molecular complexity index is 1560. The molecular formula is C33H34ClF5N4O5. The van der Waals surface area contributed by atoms with Crippen molar-refractivity contribution in [1.29, 1.82) is 0 Å². The first-order valence-electron chi connectivity index (χ1n) is 14.7. The highest BCUT2D eigenvalue weighted by molar-refractivity contribution is 6.30. The molecular weight excluding hydrogens is 663 g/mol. The molecule has 4 N–H and O–H groups in total. The van der Waals surface area contributed by atoms with Gasteiger partial charge >= 0.3 is 12.1 Å². The zero-order valence-corrected chi connectivity index (χ0v) is 26.6. The number of Topliss-reactive ketones (excluding diaryl/α,β-unsaturated/α-hetero) is 1. The maximum Gasteiger partial charge on any atom is 0.405 e. The summed E-state index contributed by atoms with van der Waals surface area (Å²) in [5.74, 6) is -11.8. The summed E-state index contributed by atoms with van der Waals surface area (Å²) in [6.07, 6.45) is -5.93. The minimum atomic E-state index is -4.98. The zero-order valence-electron chi connectivity index (χ0n) is 25.8. The van der Waals surface area contributed by atoms with Gasteiger partial charge in [0, 0.05) is 41.7 Å². The molecule has 0 spiro atoms. The molecule has 3 rings (SSSR count). The molecule has 2 aromatic carbocycles. The predicted octanol–water partition coefficient (Wildman–Crippen LogP) is 4.84. The number of benzene rings is 2. The SMILES string of the molecule is CC(C)[C@H](CC(=O)[C@@H](NC(=O)[C@H](Cc1cccc(Cl)c1)NC(=O)c1ccncc1)c1ccccc1)[C@@H](O)C(F)(F)C(=O)NCC(F)(F)F. The van der Waals surface area contributed by atoms with Crippen molar-refractivity contribution in [2.24, 2.45) is 11.8 Å². The number of alkyl halides is 5. The van der Waals surface area contributed by atoms with E-state index in [1.807, 2.05) is 0 Å². The quantitative estimate of drug-likeness (QED) is 0.168. The number of carbonyl (C=O) groups is 4. The van der Waals surface area contributed by atoms with Crippen LogP contribution in [0.3, 0.4) is 0 Å². The molecule has 0 saturated carbocycles. The highest BCUT2D eigenvalue weighted by Crippen LogP contribution is 2.33. The maximum atomic E-state index is 14.9. The highest BCUT2D eigenvalue weighted by Gasteiger charge is 2.52. The number of hydrogen-bond acceptors (Lipinski definition) is 6. The number of aromatic nitrogens is 1. The van der Waals surface area contributed by atoms with Crippen molar-refractivity contribution in [3.63, 3.8) is 0 Å². The molecule has 3 aromatic rings. The van der Waals surface area contributed by atoms with Gasteiger partial charge in [0.15, 0.2) is 5.78 Å². The fourth-order valence-electron chi connectivity index (χ4n) is 4.86. The Morgan fingerprint density at radius 1 is 0.896 bits per heavy atom. The van der Waals surface area contributed by atoms with E-state index in [0.717, 1.165) is 5.32 Å². The summed E-state index contributed by atoms with van der Waals surface area (Å²) in [5, 5.41) is 17.2. The van der Waals surface area contributed by atoms with Crippen LogP contribution in [-0.4, -0.2) is 64.4 Å². The lowest BCUT2D eigenvalue weighted by Crippen LogP contribution is -2.54. The van der Waals surface area contributed by atoms with Crippen molar-refractivity contribution < 1.29 is 46.2 Å². The average Bonchev–Trinajstić information content (AvgIpc) is 3.04. The molecule has 3 amide bonds. The number of pyridine rings is 1. The van der Waals surface area contributed by atoms with Crippen molar-refractivity contribution in [3.8, 4) is 0 Å². The molecule has 1 heterocycles. The van der Waals surface area contributed by atoms with Crippen LogP contribution in [-0.2, 0) is 20.8 Å². The standard InChI is InChI=1S/C33H34ClF5N4O5/c1-19(2)24(28(45)33(38,39)31(48)41-18-32(35,36)37)17-26(44)27(21-8-4-3-5-9-21)43-30(47)25(16-20-7-6-10-23(34)15-20)42-29(46)22-11-13-40-14-12-22/h3-15,19,24-25,27-28,45H,16-18H2,1-2H3,(H,41,48)(H,42,46)(H,43,47)/t24-,25-,27-,28+/m0/s1. The van der Waals surface area contributed by atoms with Gasteiger partial charge in [-0.2, -0.15) is 22.0 Å². The third kappa shape index (κ3) is 10.8. The lowest BCUT2D eigenvalue weighted by atomic mass is 9.81. The van der Waals surface area contributed by atoms with Crippen LogP contribution in [0.1, 0.15) is 47.8 Å². The molecule has 258 valence electrons. The van der Waals surface area contributed by atoms with Crippen LogP contribution < -0.4 is 16.0 Å². The number of halogens is 6. The van der Waals surface area contributed by atoms with Gasteiger partial charge in [0.2, 0.25) is 5.91 Å². The topological polar surface area (TPSA) is 137 Å². The molecule has 0 bridgehead atoms. The predicted molar refractivity (Wildman–Crippen MR) is 166 cm³/mol. The monoisotopic (exact) mass is 696 g/mol. The first-order chi connectivity index (χ1) is 22.5. The maximum absolute atomic E-state index is 14.9. The molecule has 4 atom stereocenters. The summed E-state index contributed by atoms with van der Waals surface area (Å²) < 4.78 is 67.5. The Morgan fingerprint density at radius 2 is 1.54 bits per heavy atom. The van der Waals surface area contributed by atoms with E-state index in [1.165, 1.54) is 50.5 Å². The third-order valence-corrected chi connectivity index (χ3v) is 7.69. The number of nitrogens with one attached hydrogen (secondary N) is 3. The van der Waals surface area contributed by atoms with Crippen molar-refractivity contribution in [3.05, 3.63) is 101 Å². The number of rotatable bonds is 15. The second-order valence-corrected chi connectivity index (χ2v) is 11.8. The molecule has 9 nitrogen and oxygen atoms in total. The number of carbonyl (C=O) groups excluding carboxylic acids is 4. The first-order valence-corrected chi connectivity index (χ1v) is 15.1. The summed E-state index contributed by atoms with van der Waals surface area (Å²) in [7, 11) is 0. The van der Waals surface area contributed by atoms with E-state index in [2.05, 4.69) is 15.6 Å². The van der Waals surface area contributed by atoms with E-state index in [-0.39, 0.29) is 17.5 Å². The lowest BCUT2D eigenvalue weighted by Gasteiger charge is -2.32. The van der Waals surface area contributed by atoms with Crippen molar-refractivity contribution in [2.75, 3.05) is 6.54 Å². The molecule has 48 heavy (non-hydrogen) atoms. The first kappa shape index (κ1) is 38.0. The van der Waals surface area contributed by atoms with Gasteiger partial charge in [0.1, 0.15) is 24.7 Å². The zero-order chi connectivity index (χ0) is 35.6. The summed E-state index contributed by atoms with van der Waals surface area (Å²) in [6, 6.07) is 14.4. The van der Waals surface area contributed by atoms with Gasteiger partial charge < -0.3 is 21.1 Å². The van der Waals surface area contributed by atoms with Gasteiger partial charge in [-0.3, -0.25) is 24.2 Å². The summed E-state index contributed by atoms with van der Waals surface area (Å²) in [4.78, 5) is 56.5. The molecule has 0 saturated heterocycles. The molecule has 1 aromatic heterocycles. The van der Waals surface area contributed by atoms with Crippen LogP contribution in [0.4, 0.5) is 22.0 Å². The van der Waals surface area contributed by atoms with Gasteiger partial charge in [-0.05, 0) is 41.3 Å². The average molecular weight is 697 g/mol. The minimum Gasteiger partial charge on any atom is -0.386 e. The van der Waals surface area contributed by atoms with E-state index in [1.54, 1.807) is 42.5 Å². The lowest BCUT2D eigenvalue weighted by molar-refractivity contribution is -0.178. The fraction of sp³-hybridized carbons (Fsp3) is 0.364. The molecule has 15 heteroatoms. The summed E-state index contributed by atoms with van der Waals surface area (Å²) in [5.41, 5.74) is 0.998. The number of aliphatic hydroxyl groups is 1. The molecule has 0 unspecified atom stereocenters. The number of nitrogens with zero attached hydrogens (tertiary/aromatic N) is 1. The van der Waals surface area contributed by atoms with Crippen LogP contribution in [0.15, 0.2) is 79.1 Å². The Morgan fingerprint density at radius 3 is 2.12 bits per heavy atom. The van der Waals surface area contributed by atoms with Gasteiger partial charge in [-0.25, -0.2) is 0 Å². The van der Waals surface area contributed by atoms with E-state index in [0.29, 0.717) is 10.6 Å². The second kappa shape index (κ2) is 16.6. The minimum absolute atomic E-state index is 0.0640. The molecule has 0 aliphatic carbocycles. The Hall–Kier alpha value is -4.43. The van der Waals surface area contributed by atoms with E-state index in [9.17, 15) is 46.2 Å². The van der Waals surface area contributed by atoms with Crippen molar-refractivity contribution in [1.82, 2.24) is 20.9 Å². The Labute approximate surface area is 278 Å². The number of hydrogen-bond donors (Lipinski definition) is 4. The van der Waals surface area contributed by atoms with Crippen LogP contribution in [0.5, 0.6) is 0 Å². The van der Waals surface area contributed by atoms with Gasteiger partial charge in [0.05, 0.1) is 0 Å².